The highest BCUT2D eigenvalue weighted by Gasteiger charge is 2.32. The number of amides is 1. The second kappa shape index (κ2) is 7.95. The maximum atomic E-state index is 12.8. The third kappa shape index (κ3) is 3.93. The smallest absolute Gasteiger partial charge is 0.306 e. The lowest BCUT2D eigenvalue weighted by atomic mass is 9.96. The van der Waals surface area contributed by atoms with E-state index < -0.39 is 5.97 Å². The summed E-state index contributed by atoms with van der Waals surface area (Å²) in [5.41, 5.74) is 0.809. The average molecular weight is 361 g/mol. The summed E-state index contributed by atoms with van der Waals surface area (Å²) in [5.74, 6) is -0.641. The molecule has 0 radical (unpaired) electrons. The minimum atomic E-state index is -0.732. The van der Waals surface area contributed by atoms with Gasteiger partial charge in [-0.3, -0.25) is 14.5 Å². The Morgan fingerprint density at radius 1 is 1.04 bits per heavy atom. The van der Waals surface area contributed by atoms with Crippen molar-refractivity contribution in [2.45, 2.75) is 25.8 Å². The number of carboxylic acid groups (broad SMARTS) is 1. The molecule has 0 aliphatic carbocycles. The molecule has 2 heterocycles. The van der Waals surface area contributed by atoms with E-state index in [0.717, 1.165) is 5.69 Å². The van der Waals surface area contributed by atoms with Crippen molar-refractivity contribution in [3.63, 3.8) is 0 Å². The zero-order valence-corrected chi connectivity index (χ0v) is 15.2. The van der Waals surface area contributed by atoms with Crippen LogP contribution in [-0.2, 0) is 9.59 Å². The van der Waals surface area contributed by atoms with Crippen LogP contribution in [0.5, 0.6) is 5.75 Å². The van der Waals surface area contributed by atoms with E-state index in [1.807, 2.05) is 24.0 Å². The number of aromatic hydroxyl groups is 1. The summed E-state index contributed by atoms with van der Waals surface area (Å²) in [5, 5.41) is 19.1. The fourth-order valence-electron chi connectivity index (χ4n) is 3.85. The van der Waals surface area contributed by atoms with Gasteiger partial charge in [0.2, 0.25) is 5.91 Å². The van der Waals surface area contributed by atoms with Crippen LogP contribution in [0.25, 0.3) is 0 Å². The quantitative estimate of drug-likeness (QED) is 0.839. The van der Waals surface area contributed by atoms with Crippen molar-refractivity contribution in [3.8, 4) is 5.75 Å². The van der Waals surface area contributed by atoms with E-state index in [4.69, 9.17) is 5.11 Å². The number of hydrogen-bond donors (Lipinski definition) is 2. The first-order valence-corrected chi connectivity index (χ1v) is 9.26. The lowest BCUT2D eigenvalue weighted by molar-refractivity contribution is -0.144. The van der Waals surface area contributed by atoms with Crippen LogP contribution in [0.1, 0.15) is 19.8 Å². The summed E-state index contributed by atoms with van der Waals surface area (Å²) in [4.78, 5) is 30.0. The number of hydrogen-bond acceptors (Lipinski definition) is 5. The molecule has 7 heteroatoms. The molecule has 1 aromatic rings. The van der Waals surface area contributed by atoms with Gasteiger partial charge in [0.15, 0.2) is 0 Å². The summed E-state index contributed by atoms with van der Waals surface area (Å²) in [6, 6.07) is 7.04. The molecule has 1 atom stereocenters. The van der Waals surface area contributed by atoms with Crippen LogP contribution in [-0.4, -0.2) is 77.2 Å². The van der Waals surface area contributed by atoms with Gasteiger partial charge in [0.1, 0.15) is 5.75 Å². The van der Waals surface area contributed by atoms with E-state index in [0.29, 0.717) is 52.1 Å². The van der Waals surface area contributed by atoms with Crippen molar-refractivity contribution in [3.05, 3.63) is 24.3 Å². The topological polar surface area (TPSA) is 84.3 Å². The lowest BCUT2D eigenvalue weighted by Gasteiger charge is -2.40. The van der Waals surface area contributed by atoms with E-state index >= 15 is 0 Å². The van der Waals surface area contributed by atoms with E-state index in [9.17, 15) is 14.7 Å². The number of phenols is 1. The zero-order valence-electron chi connectivity index (χ0n) is 15.2. The van der Waals surface area contributed by atoms with Gasteiger partial charge in [0, 0.05) is 26.2 Å². The molecule has 2 aliphatic rings. The molecule has 0 aromatic heterocycles. The number of benzene rings is 1. The number of anilines is 1. The first kappa shape index (κ1) is 18.5. The number of nitrogens with zero attached hydrogens (tertiary/aromatic N) is 3. The Labute approximate surface area is 153 Å². The van der Waals surface area contributed by atoms with Gasteiger partial charge in [-0.15, -0.1) is 0 Å². The van der Waals surface area contributed by atoms with Gasteiger partial charge in [-0.2, -0.15) is 0 Å². The Hall–Kier alpha value is -2.28. The van der Waals surface area contributed by atoms with Crippen LogP contribution in [0.3, 0.4) is 0 Å². The predicted octanol–water partition coefficient (Wildman–Crippen LogP) is 1.23. The lowest BCUT2D eigenvalue weighted by Crippen LogP contribution is -2.55. The third-order valence-electron chi connectivity index (χ3n) is 5.60. The maximum absolute atomic E-state index is 12.8. The van der Waals surface area contributed by atoms with E-state index in [1.54, 1.807) is 12.1 Å². The summed E-state index contributed by atoms with van der Waals surface area (Å²) in [6.07, 6.45) is 1.21. The van der Waals surface area contributed by atoms with Gasteiger partial charge in [-0.25, -0.2) is 0 Å². The Morgan fingerprint density at radius 2 is 1.65 bits per heavy atom. The SMILES string of the molecule is CC(C(=O)N1CCN(c2ccccc2O)CC1)N1CCC(C(=O)O)CC1. The molecule has 7 nitrogen and oxygen atoms in total. The Balaban J connectivity index is 1.52. The van der Waals surface area contributed by atoms with E-state index in [1.165, 1.54) is 0 Å². The van der Waals surface area contributed by atoms with E-state index in [2.05, 4.69) is 9.80 Å². The number of phenolic OH excluding ortho intramolecular Hbond substituents is 1. The Kier molecular flexibility index (Phi) is 5.66. The van der Waals surface area contributed by atoms with Crippen molar-refractivity contribution in [2.24, 2.45) is 5.92 Å². The van der Waals surface area contributed by atoms with Gasteiger partial charge in [-0.1, -0.05) is 12.1 Å². The molecule has 3 rings (SSSR count). The number of piperazine rings is 1. The molecule has 0 saturated carbocycles. The Bertz CT molecular complexity index is 650. The molecule has 2 aliphatic heterocycles. The monoisotopic (exact) mass is 361 g/mol. The number of aliphatic carboxylic acids is 1. The standard InChI is InChI=1S/C19H27N3O4/c1-14(20-8-6-15(7-9-20)19(25)26)18(24)22-12-10-21(11-13-22)16-4-2-3-5-17(16)23/h2-5,14-15,23H,6-13H2,1H3,(H,25,26). The first-order chi connectivity index (χ1) is 12.5. The molecule has 26 heavy (non-hydrogen) atoms. The highest BCUT2D eigenvalue weighted by Crippen LogP contribution is 2.27. The molecule has 2 saturated heterocycles. The van der Waals surface area contributed by atoms with Crippen LogP contribution in [0.4, 0.5) is 5.69 Å². The molecule has 1 amide bonds. The van der Waals surface area contributed by atoms with Gasteiger partial charge >= 0.3 is 5.97 Å². The summed E-state index contributed by atoms with van der Waals surface area (Å²) in [7, 11) is 0. The summed E-state index contributed by atoms with van der Waals surface area (Å²) >= 11 is 0. The molecule has 142 valence electrons. The van der Waals surface area contributed by atoms with Crippen LogP contribution in [0.15, 0.2) is 24.3 Å². The van der Waals surface area contributed by atoms with Crippen LogP contribution >= 0.6 is 0 Å². The van der Waals surface area contributed by atoms with Crippen LogP contribution in [0.2, 0.25) is 0 Å². The second-order valence-corrected chi connectivity index (χ2v) is 7.13. The largest absolute Gasteiger partial charge is 0.506 e. The fourth-order valence-corrected chi connectivity index (χ4v) is 3.85. The van der Waals surface area contributed by atoms with Gasteiger partial charge in [-0.05, 0) is 45.0 Å². The first-order valence-electron chi connectivity index (χ1n) is 9.26. The number of para-hydroxylation sites is 2. The van der Waals surface area contributed by atoms with Crippen molar-refractivity contribution < 1.29 is 19.8 Å². The number of piperidine rings is 1. The van der Waals surface area contributed by atoms with Gasteiger partial charge in [0.05, 0.1) is 17.6 Å². The molecule has 2 N–H and O–H groups in total. The minimum absolute atomic E-state index is 0.107. The predicted molar refractivity (Wildman–Crippen MR) is 98.3 cm³/mol. The van der Waals surface area contributed by atoms with E-state index in [-0.39, 0.29) is 23.6 Å². The molecular formula is C19H27N3O4. The molecule has 0 bridgehead atoms. The number of rotatable bonds is 4. The van der Waals surface area contributed by atoms with Crippen molar-refractivity contribution in [1.82, 2.24) is 9.80 Å². The molecule has 2 fully saturated rings. The summed E-state index contributed by atoms with van der Waals surface area (Å²) < 4.78 is 0. The number of carboxylic acids is 1. The second-order valence-electron chi connectivity index (χ2n) is 7.13. The highest BCUT2D eigenvalue weighted by molar-refractivity contribution is 5.82. The number of carbonyl (C=O) groups excluding carboxylic acids is 1. The molecule has 0 spiro atoms. The van der Waals surface area contributed by atoms with Gasteiger partial charge < -0.3 is 20.0 Å². The zero-order chi connectivity index (χ0) is 18.7. The maximum Gasteiger partial charge on any atom is 0.306 e. The molecular weight excluding hydrogens is 334 g/mol. The summed E-state index contributed by atoms with van der Waals surface area (Å²) in [6.45, 7) is 5.86. The average Bonchev–Trinajstić information content (AvgIpc) is 2.67. The highest BCUT2D eigenvalue weighted by atomic mass is 16.4. The van der Waals surface area contributed by atoms with Crippen molar-refractivity contribution >= 4 is 17.6 Å². The fraction of sp³-hybridized carbons (Fsp3) is 0.579. The molecule has 1 aromatic carbocycles. The normalized spacial score (nSPS) is 20.8. The third-order valence-corrected chi connectivity index (χ3v) is 5.60. The minimum Gasteiger partial charge on any atom is -0.506 e. The van der Waals surface area contributed by atoms with Crippen LogP contribution < -0.4 is 4.90 Å². The van der Waals surface area contributed by atoms with Crippen molar-refractivity contribution in [1.29, 1.82) is 0 Å². The molecule has 1 unspecified atom stereocenters. The van der Waals surface area contributed by atoms with Gasteiger partial charge in [0.25, 0.3) is 0 Å². The van der Waals surface area contributed by atoms with Crippen molar-refractivity contribution in [2.75, 3.05) is 44.2 Å². The van der Waals surface area contributed by atoms with Crippen LogP contribution in [0, 0.1) is 5.92 Å². The number of likely N-dealkylation sites (tertiary alicyclic amines) is 1. The Morgan fingerprint density at radius 3 is 2.23 bits per heavy atom. The number of carbonyl (C=O) groups is 2.